The van der Waals surface area contributed by atoms with E-state index in [0.29, 0.717) is 0 Å². The molecule has 0 amide bonds. The third-order valence-corrected chi connectivity index (χ3v) is 10.8. The molecule has 0 spiro atoms. The van der Waals surface area contributed by atoms with Crippen LogP contribution >= 0.6 is 0 Å². The van der Waals surface area contributed by atoms with Crippen molar-refractivity contribution in [3.05, 3.63) is 169 Å². The minimum Gasteiger partial charge on any atom is -0.353 e. The fourth-order valence-electron chi connectivity index (χ4n) is 8.44. The molecule has 1 aliphatic rings. The van der Waals surface area contributed by atoms with Crippen molar-refractivity contribution in [2.45, 2.75) is 19.3 Å². The largest absolute Gasteiger partial charge is 0.353 e. The first-order valence-corrected chi connectivity index (χ1v) is 16.9. The lowest BCUT2D eigenvalue weighted by atomic mass is 9.81. The molecule has 0 bridgehead atoms. The normalized spacial score (nSPS) is 13.4. The molecule has 226 valence electrons. The van der Waals surface area contributed by atoms with E-state index < -0.39 is 0 Å². The number of hydrogen-bond donors (Lipinski definition) is 1. The van der Waals surface area contributed by atoms with Gasteiger partial charge in [-0.2, -0.15) is 0 Å². The average molecular weight is 612 g/mol. The van der Waals surface area contributed by atoms with Gasteiger partial charge in [-0.15, -0.1) is 0 Å². The van der Waals surface area contributed by atoms with Gasteiger partial charge < -0.3 is 4.98 Å². The predicted octanol–water partition coefficient (Wildman–Crippen LogP) is 12.9. The number of aromatic nitrogens is 1. The van der Waals surface area contributed by atoms with Gasteiger partial charge in [-0.25, -0.2) is 0 Å². The maximum Gasteiger partial charge on any atom is 0.0551 e. The van der Waals surface area contributed by atoms with Crippen LogP contribution in [0.1, 0.15) is 25.0 Å². The summed E-state index contributed by atoms with van der Waals surface area (Å²) in [5.41, 5.74) is 15.3. The Kier molecular flexibility index (Phi) is 5.69. The fourth-order valence-corrected chi connectivity index (χ4v) is 8.44. The van der Waals surface area contributed by atoms with Crippen LogP contribution in [0.2, 0.25) is 0 Å². The number of aromatic amines is 1. The van der Waals surface area contributed by atoms with E-state index in [1.807, 2.05) is 0 Å². The van der Waals surface area contributed by atoms with E-state index >= 15 is 0 Å². The summed E-state index contributed by atoms with van der Waals surface area (Å²) >= 11 is 0. The highest BCUT2D eigenvalue weighted by Crippen LogP contribution is 2.49. The van der Waals surface area contributed by atoms with Crippen LogP contribution in [-0.2, 0) is 5.41 Å². The standard InChI is InChI=1S/C47H33N/c1-47(2)42-23-8-7-18-37(42)38-25-24-32(28-43(38)47)30-13-9-12-29(26-30)31-14-10-15-33(27-31)34-21-11-22-41-44-39-19-5-3-16-35(39)36-17-4-6-20-40(36)46(44)48-45(34)41/h3-28,48H,1-2H3. The Balaban J connectivity index is 1.09. The molecule has 1 heteroatoms. The molecule has 1 aliphatic carbocycles. The molecule has 1 N–H and O–H groups in total. The van der Waals surface area contributed by atoms with Crippen LogP contribution in [0.25, 0.3) is 87.9 Å². The van der Waals surface area contributed by atoms with Gasteiger partial charge in [0.2, 0.25) is 0 Å². The Morgan fingerprint density at radius 3 is 1.65 bits per heavy atom. The molecule has 0 fully saturated rings. The van der Waals surface area contributed by atoms with Crippen LogP contribution < -0.4 is 0 Å². The zero-order chi connectivity index (χ0) is 32.0. The minimum absolute atomic E-state index is 0.0178. The van der Waals surface area contributed by atoms with Crippen molar-refractivity contribution in [1.29, 1.82) is 0 Å². The van der Waals surface area contributed by atoms with E-state index in [9.17, 15) is 0 Å². The maximum atomic E-state index is 3.90. The van der Waals surface area contributed by atoms with E-state index in [-0.39, 0.29) is 5.41 Å². The van der Waals surface area contributed by atoms with Crippen molar-refractivity contribution in [3.8, 4) is 44.5 Å². The highest BCUT2D eigenvalue weighted by atomic mass is 14.7. The van der Waals surface area contributed by atoms with Crippen LogP contribution in [0, 0.1) is 0 Å². The van der Waals surface area contributed by atoms with Crippen molar-refractivity contribution in [3.63, 3.8) is 0 Å². The minimum atomic E-state index is -0.0178. The van der Waals surface area contributed by atoms with Crippen molar-refractivity contribution in [2.75, 3.05) is 0 Å². The number of fused-ring (bicyclic) bond motifs is 11. The molecule has 0 saturated heterocycles. The third-order valence-electron chi connectivity index (χ3n) is 10.8. The van der Waals surface area contributed by atoms with E-state index in [1.54, 1.807) is 0 Å². The lowest BCUT2D eigenvalue weighted by Gasteiger charge is -2.22. The summed E-state index contributed by atoms with van der Waals surface area (Å²) in [6.07, 6.45) is 0. The molecule has 0 unspecified atom stereocenters. The van der Waals surface area contributed by atoms with Gasteiger partial charge in [0, 0.05) is 27.1 Å². The summed E-state index contributed by atoms with van der Waals surface area (Å²) in [6.45, 7) is 4.70. The van der Waals surface area contributed by atoms with Gasteiger partial charge in [0.25, 0.3) is 0 Å². The summed E-state index contributed by atoms with van der Waals surface area (Å²) in [4.78, 5) is 3.90. The molecule has 0 aliphatic heterocycles. The average Bonchev–Trinajstić information content (AvgIpc) is 3.65. The quantitative estimate of drug-likeness (QED) is 0.191. The number of para-hydroxylation sites is 1. The monoisotopic (exact) mass is 611 g/mol. The summed E-state index contributed by atoms with van der Waals surface area (Å²) in [7, 11) is 0. The molecule has 1 aromatic heterocycles. The Hall–Kier alpha value is -5.92. The van der Waals surface area contributed by atoms with Gasteiger partial charge >= 0.3 is 0 Å². The number of hydrogen-bond acceptors (Lipinski definition) is 0. The first-order valence-electron chi connectivity index (χ1n) is 16.9. The number of benzene rings is 8. The second-order valence-electron chi connectivity index (χ2n) is 13.8. The topological polar surface area (TPSA) is 15.8 Å². The van der Waals surface area contributed by atoms with Gasteiger partial charge in [-0.05, 0) is 84.4 Å². The van der Waals surface area contributed by atoms with Crippen LogP contribution in [0.4, 0.5) is 0 Å². The molecule has 48 heavy (non-hydrogen) atoms. The van der Waals surface area contributed by atoms with E-state index in [2.05, 4.69) is 177 Å². The summed E-state index contributed by atoms with van der Waals surface area (Å²) in [5, 5.41) is 7.69. The van der Waals surface area contributed by atoms with Crippen LogP contribution in [0.15, 0.2) is 158 Å². The molecular weight excluding hydrogens is 579 g/mol. The first-order chi connectivity index (χ1) is 23.6. The van der Waals surface area contributed by atoms with Gasteiger partial charge in [0.1, 0.15) is 0 Å². The molecule has 1 heterocycles. The number of H-pyrrole nitrogens is 1. The summed E-state index contributed by atoms with van der Waals surface area (Å²) in [6, 6.07) is 58.2. The summed E-state index contributed by atoms with van der Waals surface area (Å²) in [5.74, 6) is 0. The smallest absolute Gasteiger partial charge is 0.0551 e. The second kappa shape index (κ2) is 10.0. The van der Waals surface area contributed by atoms with Crippen LogP contribution in [0.3, 0.4) is 0 Å². The number of rotatable bonds is 3. The maximum absolute atomic E-state index is 3.90. The van der Waals surface area contributed by atoms with Crippen molar-refractivity contribution >= 4 is 43.4 Å². The van der Waals surface area contributed by atoms with Gasteiger partial charge in [0.15, 0.2) is 0 Å². The first kappa shape index (κ1) is 27.2. The molecule has 0 radical (unpaired) electrons. The highest BCUT2D eigenvalue weighted by molar-refractivity contribution is 6.32. The van der Waals surface area contributed by atoms with E-state index in [4.69, 9.17) is 0 Å². The molecule has 8 aromatic carbocycles. The van der Waals surface area contributed by atoms with Crippen molar-refractivity contribution < 1.29 is 0 Å². The van der Waals surface area contributed by atoms with E-state index in [1.165, 1.54) is 99.0 Å². The van der Waals surface area contributed by atoms with Crippen LogP contribution in [0.5, 0.6) is 0 Å². The molecule has 0 atom stereocenters. The molecular formula is C47H33N. The Labute approximate surface area is 280 Å². The summed E-state index contributed by atoms with van der Waals surface area (Å²) < 4.78 is 0. The zero-order valence-electron chi connectivity index (χ0n) is 27.0. The fraction of sp³-hybridized carbons (Fsp3) is 0.0638. The van der Waals surface area contributed by atoms with Crippen molar-refractivity contribution in [1.82, 2.24) is 4.98 Å². The lowest BCUT2D eigenvalue weighted by Crippen LogP contribution is -2.14. The lowest BCUT2D eigenvalue weighted by molar-refractivity contribution is 0.660. The van der Waals surface area contributed by atoms with Gasteiger partial charge in [0.05, 0.1) is 11.0 Å². The van der Waals surface area contributed by atoms with Crippen LogP contribution in [-0.4, -0.2) is 4.98 Å². The zero-order valence-corrected chi connectivity index (χ0v) is 27.0. The Morgan fingerprint density at radius 1 is 0.354 bits per heavy atom. The Bertz CT molecular complexity index is 2760. The Morgan fingerprint density at radius 2 is 0.875 bits per heavy atom. The van der Waals surface area contributed by atoms with E-state index in [0.717, 1.165) is 0 Å². The molecule has 9 aromatic rings. The number of nitrogens with one attached hydrogen (secondary N) is 1. The van der Waals surface area contributed by atoms with Gasteiger partial charge in [-0.1, -0.05) is 153 Å². The molecule has 1 nitrogen and oxygen atoms in total. The third kappa shape index (κ3) is 3.85. The molecule has 10 rings (SSSR count). The molecule has 0 saturated carbocycles. The highest BCUT2D eigenvalue weighted by Gasteiger charge is 2.35. The second-order valence-corrected chi connectivity index (χ2v) is 13.8. The predicted molar refractivity (Wildman–Crippen MR) is 205 cm³/mol. The van der Waals surface area contributed by atoms with Crippen molar-refractivity contribution in [2.24, 2.45) is 0 Å². The SMILES string of the molecule is CC1(C)c2ccccc2-c2ccc(-c3cccc(-c4cccc(-c5cccc6c5[nH]c5c7ccccc7c7ccccc7c65)c4)c3)cc21. The van der Waals surface area contributed by atoms with Gasteiger partial charge in [-0.3, -0.25) is 0 Å².